The molecular formula is C14H29N3O2S. The minimum Gasteiger partial charge on any atom is -0.319 e. The van der Waals surface area contributed by atoms with Crippen molar-refractivity contribution in [2.45, 2.75) is 25.7 Å². The zero-order chi connectivity index (χ0) is 14.6. The van der Waals surface area contributed by atoms with E-state index in [2.05, 4.69) is 10.2 Å². The summed E-state index contributed by atoms with van der Waals surface area (Å²) in [7, 11) is -0.996. The van der Waals surface area contributed by atoms with Crippen molar-refractivity contribution in [3.63, 3.8) is 0 Å². The monoisotopic (exact) mass is 303 g/mol. The Morgan fingerprint density at radius 2 is 1.80 bits per heavy atom. The van der Waals surface area contributed by atoms with Gasteiger partial charge in [-0.2, -0.15) is 0 Å². The average molecular weight is 303 g/mol. The van der Waals surface area contributed by atoms with Crippen LogP contribution in [0.2, 0.25) is 0 Å². The van der Waals surface area contributed by atoms with Crippen LogP contribution in [0, 0.1) is 11.8 Å². The Hall–Kier alpha value is -0.170. The Morgan fingerprint density at radius 1 is 1.10 bits per heavy atom. The lowest BCUT2D eigenvalue weighted by Crippen LogP contribution is -2.46. The van der Waals surface area contributed by atoms with Crippen molar-refractivity contribution in [2.24, 2.45) is 11.8 Å². The number of hydrogen-bond donors (Lipinski definition) is 1. The molecule has 0 aromatic rings. The van der Waals surface area contributed by atoms with E-state index in [4.69, 9.17) is 0 Å². The zero-order valence-electron chi connectivity index (χ0n) is 12.8. The van der Waals surface area contributed by atoms with Crippen molar-refractivity contribution in [3.05, 3.63) is 0 Å². The third kappa shape index (κ3) is 4.69. The van der Waals surface area contributed by atoms with E-state index in [1.807, 2.05) is 7.05 Å². The summed E-state index contributed by atoms with van der Waals surface area (Å²) in [6.07, 6.45) is 6.09. The maximum absolute atomic E-state index is 11.7. The fourth-order valence-electron chi connectivity index (χ4n) is 3.61. The van der Waals surface area contributed by atoms with Gasteiger partial charge in [0.05, 0.1) is 6.26 Å². The molecule has 2 rings (SSSR count). The van der Waals surface area contributed by atoms with Crippen LogP contribution in [0.5, 0.6) is 0 Å². The lowest BCUT2D eigenvalue weighted by atomic mass is 9.94. The Labute approximate surface area is 123 Å². The molecule has 0 amide bonds. The number of rotatable bonds is 5. The van der Waals surface area contributed by atoms with Gasteiger partial charge in [-0.15, -0.1) is 0 Å². The molecule has 2 saturated heterocycles. The highest BCUT2D eigenvalue weighted by Crippen LogP contribution is 2.22. The van der Waals surface area contributed by atoms with Crippen molar-refractivity contribution in [2.75, 3.05) is 52.6 Å². The van der Waals surface area contributed by atoms with E-state index in [1.165, 1.54) is 32.1 Å². The fraction of sp³-hybridized carbons (Fsp3) is 1.00. The predicted molar refractivity (Wildman–Crippen MR) is 82.2 cm³/mol. The summed E-state index contributed by atoms with van der Waals surface area (Å²) in [5, 5.41) is 3.27. The first-order valence-corrected chi connectivity index (χ1v) is 9.66. The SMILES string of the molecule is CNCC1CCCN(CC2CCCN(S(C)(=O)=O)C2)C1. The highest BCUT2D eigenvalue weighted by atomic mass is 32.2. The molecule has 0 aromatic heterocycles. The molecule has 2 fully saturated rings. The first kappa shape index (κ1) is 16.2. The molecule has 5 nitrogen and oxygen atoms in total. The number of nitrogens with zero attached hydrogens (tertiary/aromatic N) is 2. The standard InChI is InChI=1S/C14H29N3O2S/c1-15-9-13-5-3-7-16(10-13)11-14-6-4-8-17(12-14)20(2,18)19/h13-15H,3-12H2,1-2H3. The zero-order valence-corrected chi connectivity index (χ0v) is 13.7. The smallest absolute Gasteiger partial charge is 0.211 e. The molecule has 2 unspecified atom stereocenters. The lowest BCUT2D eigenvalue weighted by Gasteiger charge is -2.38. The topological polar surface area (TPSA) is 52.6 Å². The van der Waals surface area contributed by atoms with E-state index in [-0.39, 0.29) is 0 Å². The fourth-order valence-corrected chi connectivity index (χ4v) is 4.56. The average Bonchev–Trinajstić information content (AvgIpc) is 2.39. The van der Waals surface area contributed by atoms with E-state index in [1.54, 1.807) is 4.31 Å². The van der Waals surface area contributed by atoms with Crippen LogP contribution in [0.3, 0.4) is 0 Å². The van der Waals surface area contributed by atoms with Gasteiger partial charge in [-0.05, 0) is 57.7 Å². The molecule has 0 bridgehead atoms. The normalized spacial score (nSPS) is 30.5. The van der Waals surface area contributed by atoms with Crippen molar-refractivity contribution < 1.29 is 8.42 Å². The van der Waals surface area contributed by atoms with Crippen molar-refractivity contribution in [1.29, 1.82) is 0 Å². The van der Waals surface area contributed by atoms with Crippen LogP contribution in [0.15, 0.2) is 0 Å². The molecule has 0 saturated carbocycles. The molecule has 20 heavy (non-hydrogen) atoms. The predicted octanol–water partition coefficient (Wildman–Crippen LogP) is 0.589. The molecule has 6 heteroatoms. The summed E-state index contributed by atoms with van der Waals surface area (Å²) >= 11 is 0. The third-order valence-electron chi connectivity index (χ3n) is 4.56. The third-order valence-corrected chi connectivity index (χ3v) is 5.83. The van der Waals surface area contributed by atoms with Crippen molar-refractivity contribution in [1.82, 2.24) is 14.5 Å². The van der Waals surface area contributed by atoms with Crippen LogP contribution < -0.4 is 5.32 Å². The van der Waals surface area contributed by atoms with Crippen molar-refractivity contribution in [3.8, 4) is 0 Å². The van der Waals surface area contributed by atoms with E-state index < -0.39 is 10.0 Å². The van der Waals surface area contributed by atoms with Crippen LogP contribution in [-0.2, 0) is 10.0 Å². The van der Waals surface area contributed by atoms with Gasteiger partial charge in [0.15, 0.2) is 0 Å². The van der Waals surface area contributed by atoms with Crippen molar-refractivity contribution >= 4 is 10.0 Å². The minimum atomic E-state index is -3.01. The number of piperidine rings is 2. The van der Waals surface area contributed by atoms with Crippen LogP contribution >= 0.6 is 0 Å². The number of sulfonamides is 1. The highest BCUT2D eigenvalue weighted by Gasteiger charge is 2.28. The van der Waals surface area contributed by atoms with Gasteiger partial charge >= 0.3 is 0 Å². The molecule has 1 N–H and O–H groups in total. The second-order valence-electron chi connectivity index (χ2n) is 6.45. The van der Waals surface area contributed by atoms with Gasteiger partial charge in [0, 0.05) is 26.2 Å². The molecule has 2 heterocycles. The van der Waals surface area contributed by atoms with Gasteiger partial charge in [-0.25, -0.2) is 12.7 Å². The molecule has 0 radical (unpaired) electrons. The van der Waals surface area contributed by atoms with Crippen LogP contribution in [0.4, 0.5) is 0 Å². The van der Waals surface area contributed by atoms with E-state index in [0.717, 1.165) is 32.0 Å². The minimum absolute atomic E-state index is 0.506. The second kappa shape index (κ2) is 7.20. The van der Waals surface area contributed by atoms with Crippen LogP contribution in [0.1, 0.15) is 25.7 Å². The summed E-state index contributed by atoms with van der Waals surface area (Å²) in [6.45, 7) is 5.92. The summed E-state index contributed by atoms with van der Waals surface area (Å²) in [5.41, 5.74) is 0. The maximum Gasteiger partial charge on any atom is 0.211 e. The molecule has 0 aliphatic carbocycles. The second-order valence-corrected chi connectivity index (χ2v) is 8.44. The molecule has 0 aromatic carbocycles. The maximum atomic E-state index is 11.7. The van der Waals surface area contributed by atoms with Crippen LogP contribution in [-0.4, -0.2) is 70.2 Å². The van der Waals surface area contributed by atoms with Gasteiger partial charge in [0.2, 0.25) is 10.0 Å². The van der Waals surface area contributed by atoms with Gasteiger partial charge < -0.3 is 10.2 Å². The summed E-state index contributed by atoms with van der Waals surface area (Å²) in [4.78, 5) is 2.54. The molecule has 0 spiro atoms. The van der Waals surface area contributed by atoms with Gasteiger partial charge in [0.25, 0.3) is 0 Å². The molecular weight excluding hydrogens is 274 g/mol. The first-order chi connectivity index (χ1) is 9.49. The highest BCUT2D eigenvalue weighted by molar-refractivity contribution is 7.88. The summed E-state index contributed by atoms with van der Waals surface area (Å²) in [6, 6.07) is 0. The van der Waals surface area contributed by atoms with Gasteiger partial charge in [-0.1, -0.05) is 0 Å². The Bertz CT molecular complexity index is 397. The van der Waals surface area contributed by atoms with Gasteiger partial charge in [-0.3, -0.25) is 0 Å². The lowest BCUT2D eigenvalue weighted by molar-refractivity contribution is 0.128. The van der Waals surface area contributed by atoms with Crippen LogP contribution in [0.25, 0.3) is 0 Å². The number of likely N-dealkylation sites (tertiary alicyclic amines) is 1. The quantitative estimate of drug-likeness (QED) is 0.808. The van der Waals surface area contributed by atoms with E-state index in [9.17, 15) is 8.42 Å². The molecule has 118 valence electrons. The largest absolute Gasteiger partial charge is 0.319 e. The molecule has 2 aliphatic heterocycles. The Kier molecular flexibility index (Phi) is 5.84. The first-order valence-electron chi connectivity index (χ1n) is 7.81. The molecule has 2 aliphatic rings. The molecule has 2 atom stereocenters. The summed E-state index contributed by atoms with van der Waals surface area (Å²) < 4.78 is 25.0. The van der Waals surface area contributed by atoms with E-state index in [0.29, 0.717) is 19.0 Å². The number of hydrogen-bond acceptors (Lipinski definition) is 4. The number of nitrogens with one attached hydrogen (secondary N) is 1. The summed E-state index contributed by atoms with van der Waals surface area (Å²) in [5.74, 6) is 1.26. The Morgan fingerprint density at radius 3 is 2.50 bits per heavy atom. The van der Waals surface area contributed by atoms with E-state index >= 15 is 0 Å². The Balaban J connectivity index is 1.83. The van der Waals surface area contributed by atoms with Gasteiger partial charge in [0.1, 0.15) is 0 Å².